The van der Waals surface area contributed by atoms with Gasteiger partial charge in [-0.05, 0) is 36.2 Å². The van der Waals surface area contributed by atoms with Crippen LogP contribution >= 0.6 is 0 Å². The van der Waals surface area contributed by atoms with E-state index in [0.717, 1.165) is 4.90 Å². The average Bonchev–Trinajstić information content (AvgIpc) is 2.97. The summed E-state index contributed by atoms with van der Waals surface area (Å²) in [5, 5.41) is 4.90. The van der Waals surface area contributed by atoms with Crippen LogP contribution in [0.25, 0.3) is 0 Å². The van der Waals surface area contributed by atoms with Crippen LogP contribution in [-0.2, 0) is 16.1 Å². The first kappa shape index (κ1) is 18.5. The highest BCUT2D eigenvalue weighted by Gasteiger charge is 2.44. The fraction of sp³-hybridized carbons (Fsp3) is 0.200. The molecule has 0 spiro atoms. The summed E-state index contributed by atoms with van der Waals surface area (Å²) in [5.41, 5.74) is 1.47. The summed E-state index contributed by atoms with van der Waals surface area (Å²) in [5.74, 6) is -2.51. The lowest BCUT2D eigenvalue weighted by atomic mass is 10.0. The monoisotopic (exact) mass is 392 g/mol. The van der Waals surface area contributed by atoms with Crippen LogP contribution in [0.15, 0.2) is 42.7 Å². The number of benzene rings is 1. The Morgan fingerprint density at radius 1 is 1.07 bits per heavy atom. The van der Waals surface area contributed by atoms with Crippen molar-refractivity contribution in [3.05, 3.63) is 65.0 Å². The average molecular weight is 392 g/mol. The number of pyridine rings is 1. The zero-order valence-corrected chi connectivity index (χ0v) is 15.2. The molecule has 9 nitrogen and oxygen atoms in total. The normalized spacial score (nSPS) is 18.5. The number of nitrogens with one attached hydrogen (secondary N) is 2. The van der Waals surface area contributed by atoms with Gasteiger partial charge in [-0.25, -0.2) is 0 Å². The second kappa shape index (κ2) is 7.27. The van der Waals surface area contributed by atoms with Crippen molar-refractivity contribution < 1.29 is 24.0 Å². The minimum atomic E-state index is -1.00. The van der Waals surface area contributed by atoms with E-state index in [1.165, 1.54) is 24.5 Å². The maximum atomic E-state index is 12.8. The number of fused-ring (bicyclic) bond motifs is 1. The van der Waals surface area contributed by atoms with Gasteiger partial charge < -0.3 is 5.32 Å². The van der Waals surface area contributed by atoms with Crippen LogP contribution in [0, 0.1) is 0 Å². The van der Waals surface area contributed by atoms with Gasteiger partial charge in [0.05, 0.1) is 11.1 Å². The van der Waals surface area contributed by atoms with E-state index in [1.807, 2.05) is 0 Å². The Bertz CT molecular complexity index is 1050. The molecular weight excluding hydrogens is 376 g/mol. The molecule has 0 aliphatic carbocycles. The Kier molecular flexibility index (Phi) is 4.63. The maximum absolute atomic E-state index is 12.8. The Labute approximate surface area is 165 Å². The molecule has 1 saturated heterocycles. The lowest BCUT2D eigenvalue weighted by Crippen LogP contribution is -2.54. The van der Waals surface area contributed by atoms with Gasteiger partial charge in [0.1, 0.15) is 6.04 Å². The maximum Gasteiger partial charge on any atom is 0.262 e. The van der Waals surface area contributed by atoms with Gasteiger partial charge in [0.25, 0.3) is 17.7 Å². The van der Waals surface area contributed by atoms with Crippen LogP contribution < -0.4 is 10.6 Å². The third-order valence-corrected chi connectivity index (χ3v) is 4.90. The zero-order valence-electron chi connectivity index (χ0n) is 15.2. The van der Waals surface area contributed by atoms with E-state index in [4.69, 9.17) is 0 Å². The number of piperidine rings is 1. The molecule has 1 unspecified atom stereocenters. The van der Waals surface area contributed by atoms with Gasteiger partial charge in [-0.1, -0.05) is 6.07 Å². The van der Waals surface area contributed by atoms with E-state index in [2.05, 4.69) is 15.6 Å². The topological polar surface area (TPSA) is 126 Å². The number of rotatable bonds is 4. The van der Waals surface area contributed by atoms with Crippen LogP contribution in [0.3, 0.4) is 0 Å². The fourth-order valence-corrected chi connectivity index (χ4v) is 3.42. The minimum absolute atomic E-state index is 0.0656. The van der Waals surface area contributed by atoms with Gasteiger partial charge in [0.15, 0.2) is 0 Å². The summed E-state index contributed by atoms with van der Waals surface area (Å²) in [6.45, 7) is 0.161. The van der Waals surface area contributed by atoms with Gasteiger partial charge in [0, 0.05) is 30.9 Å². The van der Waals surface area contributed by atoms with E-state index >= 15 is 0 Å². The van der Waals surface area contributed by atoms with E-state index in [-0.39, 0.29) is 36.4 Å². The highest BCUT2D eigenvalue weighted by molar-refractivity contribution is 6.23. The van der Waals surface area contributed by atoms with E-state index in [1.54, 1.807) is 18.2 Å². The van der Waals surface area contributed by atoms with Crippen LogP contribution in [0.1, 0.15) is 49.5 Å². The highest BCUT2D eigenvalue weighted by atomic mass is 16.2. The first-order valence-corrected chi connectivity index (χ1v) is 8.98. The number of imide groups is 2. The summed E-state index contributed by atoms with van der Waals surface area (Å²) < 4.78 is 0. The van der Waals surface area contributed by atoms with Gasteiger partial charge in [-0.15, -0.1) is 0 Å². The Balaban J connectivity index is 1.50. The molecule has 1 atom stereocenters. The molecule has 29 heavy (non-hydrogen) atoms. The highest BCUT2D eigenvalue weighted by Crippen LogP contribution is 2.28. The summed E-state index contributed by atoms with van der Waals surface area (Å²) >= 11 is 0. The number of nitrogens with zero attached hydrogens (tertiary/aromatic N) is 2. The molecule has 5 amide bonds. The molecule has 3 heterocycles. The summed E-state index contributed by atoms with van der Waals surface area (Å²) in [6, 6.07) is 6.85. The molecule has 2 aliphatic heterocycles. The molecule has 2 aliphatic rings. The third kappa shape index (κ3) is 3.38. The first-order valence-electron chi connectivity index (χ1n) is 8.98. The molecule has 2 aromatic rings. The van der Waals surface area contributed by atoms with Crippen molar-refractivity contribution in [1.82, 2.24) is 20.5 Å². The van der Waals surface area contributed by atoms with Gasteiger partial charge in [-0.2, -0.15) is 0 Å². The van der Waals surface area contributed by atoms with Crippen molar-refractivity contribution in [2.24, 2.45) is 0 Å². The number of carbonyl (C=O) groups excluding carboxylic acids is 5. The molecule has 1 aromatic carbocycles. The number of aromatic nitrogens is 1. The van der Waals surface area contributed by atoms with Gasteiger partial charge >= 0.3 is 0 Å². The Morgan fingerprint density at radius 3 is 2.52 bits per heavy atom. The van der Waals surface area contributed by atoms with Crippen LogP contribution in [0.5, 0.6) is 0 Å². The SMILES string of the molecule is O=C1CCC(N2C(=O)c3ccc(CNC(=O)c4ccncc4)cc3C2=O)C(=O)N1. The van der Waals surface area contributed by atoms with Crippen molar-refractivity contribution in [2.75, 3.05) is 0 Å². The Hall–Kier alpha value is -3.88. The smallest absolute Gasteiger partial charge is 0.262 e. The van der Waals surface area contributed by atoms with Crippen molar-refractivity contribution in [3.8, 4) is 0 Å². The fourth-order valence-electron chi connectivity index (χ4n) is 3.42. The molecule has 0 radical (unpaired) electrons. The molecular formula is C20H16N4O5. The van der Waals surface area contributed by atoms with E-state index in [0.29, 0.717) is 11.1 Å². The van der Waals surface area contributed by atoms with Crippen LogP contribution in [0.4, 0.5) is 0 Å². The molecule has 9 heteroatoms. The summed E-state index contributed by atoms with van der Waals surface area (Å²) in [7, 11) is 0. The lowest BCUT2D eigenvalue weighted by Gasteiger charge is -2.27. The van der Waals surface area contributed by atoms with Gasteiger partial charge in [0.2, 0.25) is 11.8 Å². The third-order valence-electron chi connectivity index (χ3n) is 4.90. The Morgan fingerprint density at radius 2 is 1.79 bits per heavy atom. The molecule has 1 fully saturated rings. The summed E-state index contributed by atoms with van der Waals surface area (Å²) in [6.07, 6.45) is 3.19. The lowest BCUT2D eigenvalue weighted by molar-refractivity contribution is -0.136. The zero-order chi connectivity index (χ0) is 20.5. The number of hydrogen-bond acceptors (Lipinski definition) is 6. The largest absolute Gasteiger partial charge is 0.348 e. The van der Waals surface area contributed by atoms with Crippen LogP contribution in [0.2, 0.25) is 0 Å². The molecule has 1 aromatic heterocycles. The van der Waals surface area contributed by atoms with Gasteiger partial charge in [-0.3, -0.25) is 39.2 Å². The quantitative estimate of drug-likeness (QED) is 0.726. The predicted molar refractivity (Wildman–Crippen MR) is 98.5 cm³/mol. The van der Waals surface area contributed by atoms with E-state index in [9.17, 15) is 24.0 Å². The van der Waals surface area contributed by atoms with E-state index < -0.39 is 29.7 Å². The summed E-state index contributed by atoms with van der Waals surface area (Å²) in [4.78, 5) is 65.8. The molecule has 146 valence electrons. The van der Waals surface area contributed by atoms with Crippen LogP contribution in [-0.4, -0.2) is 45.5 Å². The van der Waals surface area contributed by atoms with Crippen molar-refractivity contribution in [1.29, 1.82) is 0 Å². The molecule has 0 saturated carbocycles. The molecule has 4 rings (SSSR count). The number of hydrogen-bond donors (Lipinski definition) is 2. The predicted octanol–water partition coefficient (Wildman–Crippen LogP) is 0.413. The van der Waals surface area contributed by atoms with Crippen molar-refractivity contribution >= 4 is 29.5 Å². The molecule has 0 bridgehead atoms. The first-order chi connectivity index (χ1) is 14.0. The minimum Gasteiger partial charge on any atom is -0.348 e. The van der Waals surface area contributed by atoms with Crippen molar-refractivity contribution in [3.63, 3.8) is 0 Å². The molecule has 2 N–H and O–H groups in total. The number of carbonyl (C=O) groups is 5. The second-order valence-electron chi connectivity index (χ2n) is 6.75. The van der Waals surface area contributed by atoms with Crippen molar-refractivity contribution in [2.45, 2.75) is 25.4 Å². The standard InChI is InChI=1S/C20H16N4O5/c25-16-4-3-15(18(27)23-16)24-19(28)13-2-1-11(9-14(13)20(24)29)10-22-17(26)12-5-7-21-8-6-12/h1-2,5-9,15H,3-4,10H2,(H,22,26)(H,23,25,27). The second-order valence-corrected chi connectivity index (χ2v) is 6.75. The number of amides is 5.